The van der Waals surface area contributed by atoms with Gasteiger partial charge in [0.15, 0.2) is 0 Å². The minimum atomic E-state index is 0.188. The summed E-state index contributed by atoms with van der Waals surface area (Å²) in [6, 6.07) is 12.8. The van der Waals surface area contributed by atoms with E-state index >= 15 is 0 Å². The molecular weight excluding hydrogens is 350 g/mol. The summed E-state index contributed by atoms with van der Waals surface area (Å²) in [6.45, 7) is 6.38. The minimum absolute atomic E-state index is 0.188. The van der Waals surface area contributed by atoms with E-state index in [9.17, 15) is 5.11 Å². The van der Waals surface area contributed by atoms with Crippen LogP contribution < -0.4 is 14.8 Å². The lowest BCUT2D eigenvalue weighted by atomic mass is 9.87. The van der Waals surface area contributed by atoms with E-state index in [4.69, 9.17) is 9.47 Å². The summed E-state index contributed by atoms with van der Waals surface area (Å²) >= 11 is 0. The highest BCUT2D eigenvalue weighted by molar-refractivity contribution is 6.00. The van der Waals surface area contributed by atoms with E-state index in [1.165, 1.54) is 11.1 Å². The monoisotopic (exact) mass is 377 g/mol. The predicted octanol–water partition coefficient (Wildman–Crippen LogP) is 5.13. The van der Waals surface area contributed by atoms with Crippen LogP contribution in [0.25, 0.3) is 21.9 Å². The molecule has 0 saturated heterocycles. The number of aryl methyl sites for hydroxylation is 1. The number of hydrogen-bond acceptors (Lipinski definition) is 4. The first-order valence-corrected chi connectivity index (χ1v) is 9.71. The number of benzene rings is 3. The van der Waals surface area contributed by atoms with Gasteiger partial charge in [0.25, 0.3) is 0 Å². The molecule has 0 fully saturated rings. The van der Waals surface area contributed by atoms with Gasteiger partial charge in [0.2, 0.25) is 0 Å². The van der Waals surface area contributed by atoms with Crippen LogP contribution in [-0.4, -0.2) is 25.4 Å². The van der Waals surface area contributed by atoms with Crippen LogP contribution in [0, 0.1) is 6.92 Å². The third-order valence-electron chi connectivity index (χ3n) is 5.69. The van der Waals surface area contributed by atoms with Gasteiger partial charge in [-0.05, 0) is 55.8 Å². The van der Waals surface area contributed by atoms with Gasteiger partial charge in [0.05, 0.1) is 19.6 Å². The van der Waals surface area contributed by atoms with E-state index in [-0.39, 0.29) is 11.8 Å². The number of hydrogen-bond donors (Lipinski definition) is 2. The number of phenols is 1. The number of aromatic hydroxyl groups is 1. The molecule has 4 heteroatoms. The lowest BCUT2D eigenvalue weighted by Gasteiger charge is -2.31. The molecule has 3 aromatic rings. The molecule has 2 atom stereocenters. The van der Waals surface area contributed by atoms with E-state index in [1.807, 2.05) is 25.1 Å². The molecule has 1 aliphatic rings. The summed E-state index contributed by atoms with van der Waals surface area (Å²) in [5, 5.41) is 16.5. The molecule has 3 aromatic carbocycles. The highest BCUT2D eigenvalue weighted by atomic mass is 16.5. The molecule has 0 aliphatic carbocycles. The van der Waals surface area contributed by atoms with Crippen molar-refractivity contribution in [1.29, 1.82) is 0 Å². The Morgan fingerprint density at radius 3 is 2.46 bits per heavy atom. The van der Waals surface area contributed by atoms with Crippen molar-refractivity contribution < 1.29 is 14.6 Å². The van der Waals surface area contributed by atoms with Gasteiger partial charge in [-0.25, -0.2) is 0 Å². The Hall–Kier alpha value is -2.72. The quantitative estimate of drug-likeness (QED) is 0.664. The fraction of sp³-hybridized carbons (Fsp3) is 0.333. The summed E-state index contributed by atoms with van der Waals surface area (Å²) in [5.41, 5.74) is 5.21. The van der Waals surface area contributed by atoms with E-state index in [0.29, 0.717) is 11.8 Å². The lowest BCUT2D eigenvalue weighted by Crippen LogP contribution is -2.36. The van der Waals surface area contributed by atoms with Gasteiger partial charge in [0.1, 0.15) is 17.2 Å². The lowest BCUT2D eigenvalue weighted by molar-refractivity contribution is 0.383. The maximum absolute atomic E-state index is 11.2. The zero-order valence-corrected chi connectivity index (χ0v) is 17.1. The molecular formula is C24H27NO3. The molecule has 1 aliphatic heterocycles. The molecule has 0 unspecified atom stereocenters. The third kappa shape index (κ3) is 2.89. The highest BCUT2D eigenvalue weighted by Crippen LogP contribution is 2.46. The number of fused-ring (bicyclic) bond motifs is 2. The number of ether oxygens (including phenoxy) is 2. The average molecular weight is 377 g/mol. The number of nitrogens with one attached hydrogen (secondary N) is 1. The van der Waals surface area contributed by atoms with Gasteiger partial charge < -0.3 is 19.9 Å². The van der Waals surface area contributed by atoms with Crippen molar-refractivity contribution in [2.45, 2.75) is 39.3 Å². The van der Waals surface area contributed by atoms with Crippen LogP contribution in [0.5, 0.6) is 17.2 Å². The zero-order valence-electron chi connectivity index (χ0n) is 17.1. The molecule has 0 bridgehead atoms. The van der Waals surface area contributed by atoms with Crippen LogP contribution in [-0.2, 0) is 6.42 Å². The van der Waals surface area contributed by atoms with Crippen LogP contribution in [0.3, 0.4) is 0 Å². The first-order chi connectivity index (χ1) is 13.4. The van der Waals surface area contributed by atoms with E-state index < -0.39 is 0 Å². The minimum Gasteiger partial charge on any atom is -0.507 e. The molecule has 0 spiro atoms. The van der Waals surface area contributed by atoms with Gasteiger partial charge in [-0.3, -0.25) is 0 Å². The van der Waals surface area contributed by atoms with Crippen LogP contribution in [0.2, 0.25) is 0 Å². The van der Waals surface area contributed by atoms with Crippen molar-refractivity contribution in [1.82, 2.24) is 5.32 Å². The Morgan fingerprint density at radius 2 is 1.75 bits per heavy atom. The van der Waals surface area contributed by atoms with Gasteiger partial charge >= 0.3 is 0 Å². The molecule has 0 amide bonds. The van der Waals surface area contributed by atoms with Crippen LogP contribution >= 0.6 is 0 Å². The first kappa shape index (κ1) is 18.6. The molecule has 0 aromatic heterocycles. The van der Waals surface area contributed by atoms with Crippen LogP contribution in [0.1, 0.15) is 36.6 Å². The number of rotatable bonds is 3. The molecule has 1 heterocycles. The first-order valence-electron chi connectivity index (χ1n) is 9.71. The second-order valence-corrected chi connectivity index (χ2v) is 7.74. The Labute approximate surface area is 166 Å². The van der Waals surface area contributed by atoms with E-state index in [0.717, 1.165) is 39.6 Å². The Balaban J connectivity index is 1.97. The van der Waals surface area contributed by atoms with Crippen LogP contribution in [0.4, 0.5) is 0 Å². The fourth-order valence-corrected chi connectivity index (χ4v) is 4.55. The molecule has 0 radical (unpaired) electrons. The second-order valence-electron chi connectivity index (χ2n) is 7.74. The number of methoxy groups -OCH3 is 2. The Bertz CT molecular complexity index is 1060. The normalized spacial score (nSPS) is 18.8. The van der Waals surface area contributed by atoms with Gasteiger partial charge in [-0.15, -0.1) is 0 Å². The Morgan fingerprint density at radius 1 is 1.00 bits per heavy atom. The van der Waals surface area contributed by atoms with Crippen molar-refractivity contribution >= 4 is 10.8 Å². The summed E-state index contributed by atoms with van der Waals surface area (Å²) < 4.78 is 11.4. The molecule has 0 saturated carbocycles. The average Bonchev–Trinajstić information content (AvgIpc) is 2.66. The third-order valence-corrected chi connectivity index (χ3v) is 5.69. The zero-order chi connectivity index (χ0) is 20.0. The maximum atomic E-state index is 11.2. The SMILES string of the molecule is COc1c(-c2ccc3cc(C)cc(OC)c3c2O)ccc2c1[C@H](C)N[C@H](C)C2. The molecule has 28 heavy (non-hydrogen) atoms. The van der Waals surface area contributed by atoms with Gasteiger partial charge in [0, 0.05) is 28.8 Å². The fourth-order valence-electron chi connectivity index (χ4n) is 4.55. The van der Waals surface area contributed by atoms with E-state index in [1.54, 1.807) is 14.2 Å². The molecule has 2 N–H and O–H groups in total. The van der Waals surface area contributed by atoms with Crippen molar-refractivity contribution in [3.63, 3.8) is 0 Å². The summed E-state index contributed by atoms with van der Waals surface area (Å²) in [4.78, 5) is 0. The molecule has 4 rings (SSSR count). The second kappa shape index (κ2) is 7.02. The van der Waals surface area contributed by atoms with Crippen LogP contribution in [0.15, 0.2) is 36.4 Å². The summed E-state index contributed by atoms with van der Waals surface area (Å²) in [6.07, 6.45) is 0.965. The highest BCUT2D eigenvalue weighted by Gasteiger charge is 2.27. The largest absolute Gasteiger partial charge is 0.507 e. The Kier molecular flexibility index (Phi) is 4.68. The van der Waals surface area contributed by atoms with E-state index in [2.05, 4.69) is 37.4 Å². The molecule has 146 valence electrons. The van der Waals surface area contributed by atoms with Crippen molar-refractivity contribution in [3.05, 3.63) is 53.1 Å². The molecule has 4 nitrogen and oxygen atoms in total. The summed E-state index contributed by atoms with van der Waals surface area (Å²) in [7, 11) is 3.33. The topological polar surface area (TPSA) is 50.7 Å². The predicted molar refractivity (Wildman–Crippen MR) is 114 cm³/mol. The summed E-state index contributed by atoms with van der Waals surface area (Å²) in [5.74, 6) is 1.72. The smallest absolute Gasteiger partial charge is 0.135 e. The maximum Gasteiger partial charge on any atom is 0.135 e. The van der Waals surface area contributed by atoms with Gasteiger partial charge in [-0.1, -0.05) is 24.3 Å². The standard InChI is InChI=1S/C24H27NO3/c1-13-10-16-6-8-18(23(26)22(16)20(11-13)27-4)19-9-7-17-12-14(2)25-15(3)21(17)24(19)28-5/h6-11,14-15,25-26H,12H2,1-5H3/t14-,15+/m1/s1. The van der Waals surface area contributed by atoms with Crippen molar-refractivity contribution in [2.75, 3.05) is 14.2 Å². The number of phenolic OH excluding ortho intramolecular Hbond substituents is 1. The van der Waals surface area contributed by atoms with Gasteiger partial charge in [-0.2, -0.15) is 0 Å². The van der Waals surface area contributed by atoms with Crippen molar-refractivity contribution in [3.8, 4) is 28.4 Å². The van der Waals surface area contributed by atoms with Crippen molar-refractivity contribution in [2.24, 2.45) is 0 Å².